The van der Waals surface area contributed by atoms with Crippen molar-refractivity contribution in [3.05, 3.63) is 64.6 Å². The zero-order chi connectivity index (χ0) is 20.1. The summed E-state index contributed by atoms with van der Waals surface area (Å²) >= 11 is 1.26. The Kier molecular flexibility index (Phi) is 5.72. The van der Waals surface area contributed by atoms with Gasteiger partial charge in [-0.1, -0.05) is 30.3 Å². The molecule has 0 aliphatic carbocycles. The van der Waals surface area contributed by atoms with E-state index in [2.05, 4.69) is 10.4 Å². The van der Waals surface area contributed by atoms with E-state index in [9.17, 15) is 19.5 Å². The number of carbonyl (C=O) groups is 2. The first-order chi connectivity index (χ1) is 13.5. The van der Waals surface area contributed by atoms with Crippen LogP contribution in [-0.2, 0) is 11.3 Å². The summed E-state index contributed by atoms with van der Waals surface area (Å²) in [6, 6.07) is 15.0. The summed E-state index contributed by atoms with van der Waals surface area (Å²) in [4.78, 5) is 37.1. The number of thioether (sulfide) groups is 1. The van der Waals surface area contributed by atoms with E-state index in [4.69, 9.17) is 5.26 Å². The lowest BCUT2D eigenvalue weighted by molar-refractivity contribution is -0.255. The van der Waals surface area contributed by atoms with Crippen molar-refractivity contribution in [2.75, 3.05) is 11.1 Å². The third kappa shape index (κ3) is 4.02. The second kappa shape index (κ2) is 8.37. The number of rotatable bonds is 6. The van der Waals surface area contributed by atoms with Crippen LogP contribution in [0.4, 0.5) is 5.69 Å². The van der Waals surface area contributed by atoms with Crippen LogP contribution in [0.1, 0.15) is 10.5 Å². The maximum absolute atomic E-state index is 12.6. The van der Waals surface area contributed by atoms with Crippen LogP contribution in [0.2, 0.25) is 0 Å². The van der Waals surface area contributed by atoms with Crippen molar-refractivity contribution >= 4 is 40.1 Å². The quantitative estimate of drug-likeness (QED) is 0.619. The maximum Gasteiger partial charge on any atom is 0.275 e. The molecule has 0 saturated heterocycles. The predicted octanol–water partition coefficient (Wildman–Crippen LogP) is 1.01. The lowest BCUT2D eigenvalue weighted by atomic mass is 10.1. The third-order valence-corrected chi connectivity index (χ3v) is 4.75. The third-order valence-electron chi connectivity index (χ3n) is 3.81. The van der Waals surface area contributed by atoms with Gasteiger partial charge >= 0.3 is 0 Å². The van der Waals surface area contributed by atoms with Crippen LogP contribution >= 0.6 is 11.8 Å². The second-order valence-electron chi connectivity index (χ2n) is 5.64. The molecule has 0 unspecified atom stereocenters. The smallest absolute Gasteiger partial charge is 0.275 e. The van der Waals surface area contributed by atoms with E-state index in [1.807, 2.05) is 6.07 Å². The van der Waals surface area contributed by atoms with Gasteiger partial charge in [-0.05, 0) is 18.2 Å². The highest BCUT2D eigenvalue weighted by Crippen LogP contribution is 2.26. The number of anilines is 1. The number of nitrogens with one attached hydrogen (secondary N) is 1. The Morgan fingerprint density at radius 1 is 1.14 bits per heavy atom. The number of carboxylic acid groups (broad SMARTS) is 1. The van der Waals surface area contributed by atoms with Gasteiger partial charge in [0.2, 0.25) is 5.91 Å². The summed E-state index contributed by atoms with van der Waals surface area (Å²) in [6.07, 6.45) is 0. The topological polar surface area (TPSA) is 128 Å². The number of carboxylic acids is 1. The molecule has 3 rings (SSSR count). The Morgan fingerprint density at radius 3 is 2.54 bits per heavy atom. The molecule has 2 aromatic carbocycles. The Morgan fingerprint density at radius 2 is 1.82 bits per heavy atom. The van der Waals surface area contributed by atoms with E-state index in [1.54, 1.807) is 36.4 Å². The summed E-state index contributed by atoms with van der Waals surface area (Å²) < 4.78 is 0.799. The number of nitriles is 1. The first kappa shape index (κ1) is 19.1. The monoisotopic (exact) mass is 393 g/mol. The average Bonchev–Trinajstić information content (AvgIpc) is 2.69. The summed E-state index contributed by atoms with van der Waals surface area (Å²) in [5.41, 5.74) is -0.502. The highest BCUT2D eigenvalue weighted by Gasteiger charge is 2.14. The molecule has 0 saturated carbocycles. The number of fused-ring (bicyclic) bond motifs is 1. The molecule has 0 bridgehead atoms. The zero-order valence-electron chi connectivity index (χ0n) is 14.4. The van der Waals surface area contributed by atoms with Gasteiger partial charge in [-0.15, -0.1) is 11.8 Å². The van der Waals surface area contributed by atoms with Crippen LogP contribution in [0, 0.1) is 11.3 Å². The molecule has 9 heteroatoms. The number of aromatic nitrogens is 2. The highest BCUT2D eigenvalue weighted by molar-refractivity contribution is 7.99. The van der Waals surface area contributed by atoms with Crippen molar-refractivity contribution in [3.63, 3.8) is 0 Å². The number of nitrogens with zero attached hydrogens (tertiary/aromatic N) is 3. The van der Waals surface area contributed by atoms with Gasteiger partial charge in [-0.25, -0.2) is 4.68 Å². The van der Waals surface area contributed by atoms with E-state index in [0.29, 0.717) is 10.6 Å². The molecule has 0 fully saturated rings. The lowest BCUT2D eigenvalue weighted by Crippen LogP contribution is -2.34. The molecule has 0 spiro atoms. The van der Waals surface area contributed by atoms with Gasteiger partial charge in [-0.2, -0.15) is 10.4 Å². The van der Waals surface area contributed by atoms with Crippen molar-refractivity contribution in [2.24, 2.45) is 0 Å². The fourth-order valence-electron chi connectivity index (χ4n) is 2.62. The van der Waals surface area contributed by atoms with E-state index < -0.39 is 29.7 Å². The molecule has 1 amide bonds. The predicted molar refractivity (Wildman–Crippen MR) is 102 cm³/mol. The normalized spacial score (nSPS) is 10.4. The molecule has 8 nitrogen and oxygen atoms in total. The number of amides is 1. The molecule has 1 heterocycles. The fraction of sp³-hybridized carbons (Fsp3) is 0.105. The molecule has 28 heavy (non-hydrogen) atoms. The highest BCUT2D eigenvalue weighted by atomic mass is 32.2. The average molecular weight is 393 g/mol. The summed E-state index contributed by atoms with van der Waals surface area (Å²) in [5, 5.41) is 26.8. The largest absolute Gasteiger partial charge is 0.543 e. The van der Waals surface area contributed by atoms with Crippen molar-refractivity contribution < 1.29 is 14.7 Å². The molecule has 0 atom stereocenters. The Hall–Kier alpha value is -3.64. The van der Waals surface area contributed by atoms with Crippen LogP contribution in [0.3, 0.4) is 0 Å². The van der Waals surface area contributed by atoms with Crippen LogP contribution in [0.25, 0.3) is 10.8 Å². The molecule has 0 aliphatic heterocycles. The lowest BCUT2D eigenvalue weighted by Gasteiger charge is -2.13. The Bertz CT molecular complexity index is 1170. The second-order valence-corrected chi connectivity index (χ2v) is 6.65. The molecule has 140 valence electrons. The number of carbonyl (C=O) groups excluding carboxylic acids is 2. The van der Waals surface area contributed by atoms with Gasteiger partial charge in [-0.3, -0.25) is 9.59 Å². The van der Waals surface area contributed by atoms with E-state index in [1.165, 1.54) is 23.9 Å². The number of hydrogen-bond donors (Lipinski definition) is 1. The summed E-state index contributed by atoms with van der Waals surface area (Å²) in [7, 11) is 0. The Balaban J connectivity index is 1.91. The van der Waals surface area contributed by atoms with Crippen molar-refractivity contribution in [3.8, 4) is 6.07 Å². The van der Waals surface area contributed by atoms with Crippen LogP contribution in [-0.4, -0.2) is 27.4 Å². The van der Waals surface area contributed by atoms with Gasteiger partial charge in [0.1, 0.15) is 12.2 Å². The molecule has 1 aromatic heterocycles. The van der Waals surface area contributed by atoms with Crippen molar-refractivity contribution in [1.29, 1.82) is 5.26 Å². The van der Waals surface area contributed by atoms with Gasteiger partial charge in [0.05, 0.1) is 28.9 Å². The van der Waals surface area contributed by atoms with Gasteiger partial charge in [0.25, 0.3) is 5.56 Å². The van der Waals surface area contributed by atoms with Crippen LogP contribution < -0.4 is 16.0 Å². The molecular formula is C19H13N4O4S-. The maximum atomic E-state index is 12.6. The molecule has 0 radical (unpaired) electrons. The number of benzene rings is 2. The van der Waals surface area contributed by atoms with Crippen molar-refractivity contribution in [1.82, 2.24) is 9.78 Å². The van der Waals surface area contributed by atoms with Gasteiger partial charge < -0.3 is 15.2 Å². The fourth-order valence-corrected chi connectivity index (χ4v) is 3.29. The first-order valence-electron chi connectivity index (χ1n) is 8.11. The molecular weight excluding hydrogens is 380 g/mol. The van der Waals surface area contributed by atoms with Gasteiger partial charge in [0.15, 0.2) is 0 Å². The standard InChI is InChI=1S/C19H14N4O4S/c20-9-10-28-15-8-4-3-7-14(15)21-16(24)11-23-18(25)13-6-2-1-5-12(13)17(22-23)19(26)27/h1-8H,10-11H2,(H,21,24)(H,26,27)/p-1. The first-order valence-corrected chi connectivity index (χ1v) is 9.09. The summed E-state index contributed by atoms with van der Waals surface area (Å²) in [5.74, 6) is -1.88. The minimum Gasteiger partial charge on any atom is -0.543 e. The van der Waals surface area contributed by atoms with E-state index in [-0.39, 0.29) is 16.5 Å². The number of aromatic carboxylic acids is 1. The van der Waals surface area contributed by atoms with E-state index in [0.717, 1.165) is 4.68 Å². The van der Waals surface area contributed by atoms with Crippen LogP contribution in [0.15, 0.2) is 58.2 Å². The minimum absolute atomic E-state index is 0.134. The number of hydrogen-bond acceptors (Lipinski definition) is 7. The molecule has 0 aliphatic rings. The minimum atomic E-state index is -1.54. The number of para-hydroxylation sites is 1. The van der Waals surface area contributed by atoms with Crippen LogP contribution in [0.5, 0.6) is 0 Å². The zero-order valence-corrected chi connectivity index (χ0v) is 15.2. The van der Waals surface area contributed by atoms with Crippen molar-refractivity contribution in [2.45, 2.75) is 11.4 Å². The molecule has 3 aromatic rings. The Labute approximate surface area is 163 Å². The van der Waals surface area contributed by atoms with E-state index >= 15 is 0 Å². The molecule has 1 N–H and O–H groups in total. The van der Waals surface area contributed by atoms with Gasteiger partial charge in [0, 0.05) is 10.3 Å². The SMILES string of the molecule is N#CCSc1ccccc1NC(=O)Cn1nc(C(=O)[O-])c2ccccc2c1=O. The summed E-state index contributed by atoms with van der Waals surface area (Å²) in [6.45, 7) is -0.471.